The van der Waals surface area contributed by atoms with Crippen molar-refractivity contribution in [2.75, 3.05) is 12.3 Å². The van der Waals surface area contributed by atoms with E-state index in [1.54, 1.807) is 13.0 Å². The number of carbonyl (C=O) groups is 1. The molecule has 3 aromatic rings. The highest BCUT2D eigenvalue weighted by atomic mass is 32.2. The Kier molecular flexibility index (Phi) is 4.16. The molecule has 1 aromatic carbocycles. The molecule has 0 bridgehead atoms. The van der Waals surface area contributed by atoms with E-state index < -0.39 is 5.97 Å². The lowest BCUT2D eigenvalue weighted by Gasteiger charge is -2.07. The first-order chi connectivity index (χ1) is 10.7. The van der Waals surface area contributed by atoms with E-state index in [1.165, 1.54) is 23.1 Å². The standard InChI is InChI=1S/C13H11N5O2S2/c1-2-20-11(19)9-10(21-13-18-17-12(14)22-13)16-8-6-4-3-5-7(8)15-9/h3-6H,2H2,1H3,(H2,14,17). The minimum atomic E-state index is -0.513. The fraction of sp³-hybridized carbons (Fsp3) is 0.154. The van der Waals surface area contributed by atoms with Crippen LogP contribution in [-0.2, 0) is 4.74 Å². The number of nitrogens with two attached hydrogens (primary N) is 1. The summed E-state index contributed by atoms with van der Waals surface area (Å²) >= 11 is 2.41. The summed E-state index contributed by atoms with van der Waals surface area (Å²) in [6.07, 6.45) is 0. The molecule has 0 radical (unpaired) electrons. The van der Waals surface area contributed by atoms with Gasteiger partial charge in [0.05, 0.1) is 17.6 Å². The van der Waals surface area contributed by atoms with Crippen molar-refractivity contribution < 1.29 is 9.53 Å². The number of anilines is 1. The molecule has 0 atom stereocenters. The van der Waals surface area contributed by atoms with Crippen molar-refractivity contribution in [3.8, 4) is 0 Å². The molecule has 0 aliphatic rings. The van der Waals surface area contributed by atoms with Crippen molar-refractivity contribution in [1.82, 2.24) is 20.2 Å². The summed E-state index contributed by atoms with van der Waals surface area (Å²) in [7, 11) is 0. The topological polar surface area (TPSA) is 104 Å². The van der Waals surface area contributed by atoms with Crippen LogP contribution in [0, 0.1) is 0 Å². The molecule has 0 unspecified atom stereocenters. The number of hydrogen-bond donors (Lipinski definition) is 1. The number of hydrogen-bond acceptors (Lipinski definition) is 9. The quantitative estimate of drug-likeness (QED) is 0.726. The molecule has 22 heavy (non-hydrogen) atoms. The lowest BCUT2D eigenvalue weighted by molar-refractivity contribution is 0.0514. The summed E-state index contributed by atoms with van der Waals surface area (Å²) in [5.74, 6) is -0.513. The fourth-order valence-electron chi connectivity index (χ4n) is 1.73. The van der Waals surface area contributed by atoms with E-state index in [-0.39, 0.29) is 12.3 Å². The largest absolute Gasteiger partial charge is 0.461 e. The predicted molar refractivity (Wildman–Crippen MR) is 83.9 cm³/mol. The van der Waals surface area contributed by atoms with Gasteiger partial charge in [-0.25, -0.2) is 14.8 Å². The zero-order chi connectivity index (χ0) is 15.5. The van der Waals surface area contributed by atoms with Gasteiger partial charge in [-0.2, -0.15) is 0 Å². The smallest absolute Gasteiger partial charge is 0.359 e. The third-order valence-corrected chi connectivity index (χ3v) is 4.39. The van der Waals surface area contributed by atoms with Crippen LogP contribution in [0.4, 0.5) is 5.13 Å². The Morgan fingerprint density at radius 3 is 2.64 bits per heavy atom. The molecule has 0 amide bonds. The third-order valence-electron chi connectivity index (χ3n) is 2.61. The minimum absolute atomic E-state index is 0.166. The van der Waals surface area contributed by atoms with Crippen molar-refractivity contribution in [2.45, 2.75) is 16.3 Å². The van der Waals surface area contributed by atoms with Crippen molar-refractivity contribution in [1.29, 1.82) is 0 Å². The van der Waals surface area contributed by atoms with Gasteiger partial charge in [0.15, 0.2) is 10.0 Å². The molecule has 0 fully saturated rings. The molecule has 3 rings (SSSR count). The molecule has 2 N–H and O–H groups in total. The first-order valence-corrected chi connectivity index (χ1v) is 8.01. The summed E-state index contributed by atoms with van der Waals surface area (Å²) in [5, 5.41) is 8.45. The van der Waals surface area contributed by atoms with Gasteiger partial charge in [-0.15, -0.1) is 10.2 Å². The molecule has 0 aliphatic heterocycles. The number of ether oxygens (including phenoxy) is 1. The number of nitrogens with zero attached hydrogens (tertiary/aromatic N) is 4. The van der Waals surface area contributed by atoms with Crippen molar-refractivity contribution in [3.63, 3.8) is 0 Å². The SMILES string of the molecule is CCOC(=O)c1nc2ccccc2nc1Sc1nnc(N)s1. The van der Waals surface area contributed by atoms with Crippen LogP contribution < -0.4 is 5.73 Å². The molecular formula is C13H11N5O2S2. The Balaban J connectivity index is 2.08. The van der Waals surface area contributed by atoms with Gasteiger partial charge in [0.25, 0.3) is 0 Å². The Hall–Kier alpha value is -2.26. The molecule has 0 aliphatic carbocycles. The Morgan fingerprint density at radius 2 is 2.00 bits per heavy atom. The maximum Gasteiger partial charge on any atom is 0.359 e. The van der Waals surface area contributed by atoms with Gasteiger partial charge in [0.1, 0.15) is 5.03 Å². The molecule has 9 heteroatoms. The summed E-state index contributed by atoms with van der Waals surface area (Å²) in [4.78, 5) is 21.0. The summed E-state index contributed by atoms with van der Waals surface area (Å²) in [6, 6.07) is 7.32. The van der Waals surface area contributed by atoms with E-state index in [1.807, 2.05) is 18.2 Å². The lowest BCUT2D eigenvalue weighted by Crippen LogP contribution is -2.10. The number of nitrogen functional groups attached to an aromatic ring is 1. The van der Waals surface area contributed by atoms with E-state index in [0.29, 0.717) is 25.5 Å². The monoisotopic (exact) mass is 333 g/mol. The lowest BCUT2D eigenvalue weighted by atomic mass is 10.3. The van der Waals surface area contributed by atoms with Crippen LogP contribution >= 0.6 is 23.1 Å². The average Bonchev–Trinajstić information content (AvgIpc) is 2.92. The van der Waals surface area contributed by atoms with Crippen LogP contribution in [0.25, 0.3) is 11.0 Å². The number of rotatable bonds is 4. The highest BCUT2D eigenvalue weighted by molar-refractivity contribution is 8.01. The minimum Gasteiger partial charge on any atom is -0.461 e. The molecule has 0 saturated heterocycles. The second kappa shape index (κ2) is 6.24. The van der Waals surface area contributed by atoms with E-state index in [0.717, 1.165) is 0 Å². The summed E-state index contributed by atoms with van der Waals surface area (Å²) < 4.78 is 5.64. The van der Waals surface area contributed by atoms with Gasteiger partial charge < -0.3 is 10.5 Å². The second-order valence-electron chi connectivity index (χ2n) is 4.09. The van der Waals surface area contributed by atoms with Gasteiger partial charge in [-0.3, -0.25) is 0 Å². The maximum atomic E-state index is 12.1. The average molecular weight is 333 g/mol. The van der Waals surface area contributed by atoms with E-state index in [4.69, 9.17) is 10.5 Å². The number of fused-ring (bicyclic) bond motifs is 1. The van der Waals surface area contributed by atoms with E-state index in [2.05, 4.69) is 20.2 Å². The van der Waals surface area contributed by atoms with Gasteiger partial charge >= 0.3 is 5.97 Å². The number of esters is 1. The molecule has 2 aromatic heterocycles. The van der Waals surface area contributed by atoms with Gasteiger partial charge in [0, 0.05) is 0 Å². The van der Waals surface area contributed by atoms with Crippen LogP contribution in [0.3, 0.4) is 0 Å². The van der Waals surface area contributed by atoms with Crippen LogP contribution in [0.2, 0.25) is 0 Å². The first kappa shape index (κ1) is 14.7. The number of para-hydroxylation sites is 2. The number of aromatic nitrogens is 4. The normalized spacial score (nSPS) is 10.8. The first-order valence-electron chi connectivity index (χ1n) is 6.38. The highest BCUT2D eigenvalue weighted by Crippen LogP contribution is 2.32. The third kappa shape index (κ3) is 3.00. The van der Waals surface area contributed by atoms with Crippen molar-refractivity contribution in [2.24, 2.45) is 0 Å². The van der Waals surface area contributed by atoms with Crippen LogP contribution in [-0.4, -0.2) is 32.7 Å². The van der Waals surface area contributed by atoms with Crippen LogP contribution in [0.1, 0.15) is 17.4 Å². The van der Waals surface area contributed by atoms with Gasteiger partial charge in [-0.05, 0) is 30.8 Å². The predicted octanol–water partition coefficient (Wildman–Crippen LogP) is 2.39. The van der Waals surface area contributed by atoms with E-state index in [9.17, 15) is 4.79 Å². The molecule has 2 heterocycles. The molecule has 0 saturated carbocycles. The van der Waals surface area contributed by atoms with E-state index >= 15 is 0 Å². The molecule has 0 spiro atoms. The molecular weight excluding hydrogens is 322 g/mol. The van der Waals surface area contributed by atoms with Crippen LogP contribution in [0.15, 0.2) is 33.6 Å². The summed E-state index contributed by atoms with van der Waals surface area (Å²) in [5.41, 5.74) is 7.06. The Morgan fingerprint density at radius 1 is 1.27 bits per heavy atom. The maximum absolute atomic E-state index is 12.1. The summed E-state index contributed by atoms with van der Waals surface area (Å²) in [6.45, 7) is 2.01. The van der Waals surface area contributed by atoms with Crippen LogP contribution in [0.5, 0.6) is 0 Å². The van der Waals surface area contributed by atoms with Gasteiger partial charge in [0.2, 0.25) is 5.13 Å². The number of benzene rings is 1. The molecule has 112 valence electrons. The van der Waals surface area contributed by atoms with Gasteiger partial charge in [-0.1, -0.05) is 23.5 Å². The Labute approximate surface area is 133 Å². The highest BCUT2D eigenvalue weighted by Gasteiger charge is 2.20. The number of carbonyl (C=O) groups excluding carboxylic acids is 1. The second-order valence-corrected chi connectivity index (χ2v) is 6.34. The molecule has 7 nitrogen and oxygen atoms in total. The van der Waals surface area contributed by atoms with Crippen molar-refractivity contribution in [3.05, 3.63) is 30.0 Å². The fourth-order valence-corrected chi connectivity index (χ4v) is 3.35. The zero-order valence-electron chi connectivity index (χ0n) is 11.5. The van der Waals surface area contributed by atoms with Crippen molar-refractivity contribution >= 4 is 45.2 Å². The zero-order valence-corrected chi connectivity index (χ0v) is 13.1. The Bertz CT molecular complexity index is 836.